The molecule has 0 heterocycles. The standard InChI is InChI=1S/C12H17NO2S/c1-3-4-7-10-13-16(14,15)12-9-6-5-8-11(12)2/h3,5-6,8-9,13H,1,4,7,10H2,2H3. The van der Waals surface area contributed by atoms with Crippen LogP contribution in [0.25, 0.3) is 0 Å². The fraction of sp³-hybridized carbons (Fsp3) is 0.333. The first kappa shape index (κ1) is 12.9. The van der Waals surface area contributed by atoms with E-state index in [4.69, 9.17) is 0 Å². The topological polar surface area (TPSA) is 46.2 Å². The summed E-state index contributed by atoms with van der Waals surface area (Å²) in [6.07, 6.45) is 3.37. The van der Waals surface area contributed by atoms with Crippen LogP contribution in [-0.4, -0.2) is 15.0 Å². The number of hydrogen-bond donors (Lipinski definition) is 1. The third-order valence-corrected chi connectivity index (χ3v) is 3.88. The van der Waals surface area contributed by atoms with Gasteiger partial charge in [-0.3, -0.25) is 0 Å². The third-order valence-electron chi connectivity index (χ3n) is 2.26. The first-order valence-corrected chi connectivity index (χ1v) is 6.72. The Morgan fingerprint density at radius 3 is 2.69 bits per heavy atom. The zero-order valence-corrected chi connectivity index (χ0v) is 10.3. The minimum absolute atomic E-state index is 0.355. The summed E-state index contributed by atoms with van der Waals surface area (Å²) < 4.78 is 26.3. The number of hydrogen-bond acceptors (Lipinski definition) is 2. The van der Waals surface area contributed by atoms with E-state index in [-0.39, 0.29) is 0 Å². The summed E-state index contributed by atoms with van der Waals surface area (Å²) in [5.41, 5.74) is 0.763. The highest BCUT2D eigenvalue weighted by atomic mass is 32.2. The lowest BCUT2D eigenvalue weighted by atomic mass is 10.2. The zero-order valence-electron chi connectivity index (χ0n) is 9.44. The molecule has 0 bridgehead atoms. The molecule has 1 rings (SSSR count). The molecule has 0 radical (unpaired) electrons. The molecule has 0 aliphatic carbocycles. The van der Waals surface area contributed by atoms with Crippen molar-refractivity contribution in [1.82, 2.24) is 4.72 Å². The number of unbranched alkanes of at least 4 members (excludes halogenated alkanes) is 1. The van der Waals surface area contributed by atoms with Crippen LogP contribution in [-0.2, 0) is 10.0 Å². The Bertz CT molecular complexity index is 452. The first-order chi connectivity index (χ1) is 7.58. The lowest BCUT2D eigenvalue weighted by molar-refractivity contribution is 0.579. The van der Waals surface area contributed by atoms with Crippen molar-refractivity contribution in [3.8, 4) is 0 Å². The highest BCUT2D eigenvalue weighted by Gasteiger charge is 2.14. The molecule has 4 heteroatoms. The van der Waals surface area contributed by atoms with Gasteiger partial charge >= 0.3 is 0 Å². The number of benzene rings is 1. The Morgan fingerprint density at radius 2 is 2.06 bits per heavy atom. The molecule has 1 N–H and O–H groups in total. The quantitative estimate of drug-likeness (QED) is 0.611. The summed E-state index contributed by atoms with van der Waals surface area (Å²) in [4.78, 5) is 0.355. The van der Waals surface area contributed by atoms with Crippen molar-refractivity contribution < 1.29 is 8.42 Å². The molecule has 16 heavy (non-hydrogen) atoms. The molecule has 0 aliphatic heterocycles. The van der Waals surface area contributed by atoms with Crippen molar-refractivity contribution in [3.05, 3.63) is 42.5 Å². The summed E-state index contributed by atoms with van der Waals surface area (Å²) in [5, 5.41) is 0. The van der Waals surface area contributed by atoms with Gasteiger partial charge in [-0.1, -0.05) is 24.3 Å². The lowest BCUT2D eigenvalue weighted by Gasteiger charge is -2.08. The van der Waals surface area contributed by atoms with Gasteiger partial charge in [0.15, 0.2) is 0 Å². The Labute approximate surface area is 97.2 Å². The van der Waals surface area contributed by atoms with Crippen molar-refractivity contribution >= 4 is 10.0 Å². The van der Waals surface area contributed by atoms with Gasteiger partial charge in [-0.25, -0.2) is 13.1 Å². The molecule has 1 aromatic carbocycles. The van der Waals surface area contributed by atoms with Crippen LogP contribution in [0.2, 0.25) is 0 Å². The predicted octanol–water partition coefficient (Wildman–Crippen LogP) is 2.24. The largest absolute Gasteiger partial charge is 0.240 e. The average molecular weight is 239 g/mol. The van der Waals surface area contributed by atoms with Crippen LogP contribution >= 0.6 is 0 Å². The summed E-state index contributed by atoms with van der Waals surface area (Å²) in [5.74, 6) is 0. The van der Waals surface area contributed by atoms with Gasteiger partial charge in [0.05, 0.1) is 4.90 Å². The van der Waals surface area contributed by atoms with Crippen LogP contribution in [0.1, 0.15) is 18.4 Å². The summed E-state index contributed by atoms with van der Waals surface area (Å²) in [6.45, 7) is 5.83. The number of allylic oxidation sites excluding steroid dienone is 1. The molecule has 0 aromatic heterocycles. The number of sulfonamides is 1. The molecule has 0 amide bonds. The maximum absolute atomic E-state index is 11.9. The first-order valence-electron chi connectivity index (χ1n) is 5.24. The average Bonchev–Trinajstić information content (AvgIpc) is 2.25. The molecule has 0 aliphatic rings. The molecule has 88 valence electrons. The Morgan fingerprint density at radius 1 is 1.38 bits per heavy atom. The van der Waals surface area contributed by atoms with Crippen LogP contribution in [0.5, 0.6) is 0 Å². The SMILES string of the molecule is C=CCCCNS(=O)(=O)c1ccccc1C. The fourth-order valence-corrected chi connectivity index (χ4v) is 2.71. The van der Waals surface area contributed by atoms with E-state index in [2.05, 4.69) is 11.3 Å². The van der Waals surface area contributed by atoms with Gasteiger partial charge in [-0.2, -0.15) is 0 Å². The molecule has 0 unspecified atom stereocenters. The smallest absolute Gasteiger partial charge is 0.211 e. The van der Waals surface area contributed by atoms with Gasteiger partial charge in [0.2, 0.25) is 10.0 Å². The van der Waals surface area contributed by atoms with E-state index in [0.29, 0.717) is 11.4 Å². The van der Waals surface area contributed by atoms with Gasteiger partial charge < -0.3 is 0 Å². The van der Waals surface area contributed by atoms with E-state index in [1.54, 1.807) is 31.2 Å². The second kappa shape index (κ2) is 5.82. The van der Waals surface area contributed by atoms with E-state index < -0.39 is 10.0 Å². The summed E-state index contributed by atoms with van der Waals surface area (Å²) in [7, 11) is -3.36. The van der Waals surface area contributed by atoms with Crippen LogP contribution < -0.4 is 4.72 Å². The van der Waals surface area contributed by atoms with Gasteiger partial charge in [-0.05, 0) is 31.4 Å². The minimum Gasteiger partial charge on any atom is -0.211 e. The van der Waals surface area contributed by atoms with Gasteiger partial charge in [0, 0.05) is 6.54 Å². The van der Waals surface area contributed by atoms with Gasteiger partial charge in [0.1, 0.15) is 0 Å². The van der Waals surface area contributed by atoms with E-state index in [1.165, 1.54) is 0 Å². The van der Waals surface area contributed by atoms with Crippen molar-refractivity contribution in [2.45, 2.75) is 24.7 Å². The molecule has 0 spiro atoms. The number of aryl methyl sites for hydroxylation is 1. The number of nitrogens with one attached hydrogen (secondary N) is 1. The van der Waals surface area contributed by atoms with Crippen LogP contribution in [0, 0.1) is 6.92 Å². The van der Waals surface area contributed by atoms with E-state index in [1.807, 2.05) is 6.07 Å². The summed E-state index contributed by atoms with van der Waals surface area (Å²) >= 11 is 0. The van der Waals surface area contributed by atoms with Crippen LogP contribution in [0.4, 0.5) is 0 Å². The van der Waals surface area contributed by atoms with Crippen LogP contribution in [0.3, 0.4) is 0 Å². The summed E-state index contributed by atoms with van der Waals surface area (Å²) in [6, 6.07) is 6.96. The third kappa shape index (κ3) is 3.47. The minimum atomic E-state index is -3.36. The monoisotopic (exact) mass is 239 g/mol. The molecular weight excluding hydrogens is 222 g/mol. The van der Waals surface area contributed by atoms with E-state index >= 15 is 0 Å². The second-order valence-corrected chi connectivity index (χ2v) is 5.33. The van der Waals surface area contributed by atoms with Crippen molar-refractivity contribution in [2.24, 2.45) is 0 Å². The Hall–Kier alpha value is -1.13. The maximum atomic E-state index is 11.9. The van der Waals surface area contributed by atoms with E-state index in [9.17, 15) is 8.42 Å². The lowest BCUT2D eigenvalue weighted by Crippen LogP contribution is -2.25. The molecule has 1 aromatic rings. The van der Waals surface area contributed by atoms with Crippen LogP contribution in [0.15, 0.2) is 41.8 Å². The zero-order chi connectivity index (χ0) is 12.0. The second-order valence-electron chi connectivity index (χ2n) is 3.59. The molecule has 0 fully saturated rings. The molecule has 0 atom stereocenters. The van der Waals surface area contributed by atoms with Gasteiger partial charge in [0.25, 0.3) is 0 Å². The van der Waals surface area contributed by atoms with E-state index in [0.717, 1.165) is 18.4 Å². The number of rotatable bonds is 6. The van der Waals surface area contributed by atoms with Gasteiger partial charge in [-0.15, -0.1) is 6.58 Å². The molecular formula is C12H17NO2S. The molecule has 3 nitrogen and oxygen atoms in total. The highest BCUT2D eigenvalue weighted by molar-refractivity contribution is 7.89. The molecule has 0 saturated heterocycles. The van der Waals surface area contributed by atoms with Crippen molar-refractivity contribution in [2.75, 3.05) is 6.54 Å². The van der Waals surface area contributed by atoms with Crippen molar-refractivity contribution in [3.63, 3.8) is 0 Å². The maximum Gasteiger partial charge on any atom is 0.240 e. The Balaban J connectivity index is 2.71. The normalized spacial score (nSPS) is 11.3. The fourth-order valence-electron chi connectivity index (χ4n) is 1.39. The highest BCUT2D eigenvalue weighted by Crippen LogP contribution is 2.13. The predicted molar refractivity (Wildman–Crippen MR) is 65.8 cm³/mol. The van der Waals surface area contributed by atoms with Crippen molar-refractivity contribution in [1.29, 1.82) is 0 Å². The molecule has 0 saturated carbocycles. The Kier molecular flexibility index (Phi) is 4.71.